The van der Waals surface area contributed by atoms with Crippen LogP contribution in [0.25, 0.3) is 11.1 Å². The maximum absolute atomic E-state index is 15.7. The highest BCUT2D eigenvalue weighted by molar-refractivity contribution is 6.06. The van der Waals surface area contributed by atoms with Crippen molar-refractivity contribution >= 4 is 82.4 Å². The van der Waals surface area contributed by atoms with Crippen molar-refractivity contribution in [3.8, 4) is 28.7 Å². The van der Waals surface area contributed by atoms with Gasteiger partial charge in [-0.1, -0.05) is 96.9 Å². The predicted molar refractivity (Wildman–Crippen MR) is 505 cm³/mol. The summed E-state index contributed by atoms with van der Waals surface area (Å²) in [6, 6.07) is 15.6. The van der Waals surface area contributed by atoms with Crippen LogP contribution >= 0.6 is 0 Å². The Labute approximate surface area is 808 Å². The van der Waals surface area contributed by atoms with Gasteiger partial charge in [0.05, 0.1) is 101 Å². The summed E-state index contributed by atoms with van der Waals surface area (Å²) in [5.41, 5.74) is 8.82. The standard InChI is InChI=1S/C101H136FN13O24/c1-9-68-51-74(137-40-18-12-15-27-90(126)138-46-45-136-44-43-135-42-41-134-39-20-28-91(127)139-60-78-76-23-13-10-11-14-24-77(76)78)33-34-75(68)69-31-29-66(30-32-69)50-71(95(129)107-80(94(103)128)26-19-21-67-48-62(2)47-63(3)49-67)52-84(120)82(55-89(124)125)108-96(130)72(59-116)53-85(121)92(64(4)117)111-99(133)101(8,56-70-22-16-17-25-79(70)102)57-86(122)93(65(5)118)110-88(123)36-35-83(119)81(54-87-112-114-115-113-87)109-98(132)100(6,7)97(131)105-38-37-73-58-104-61-106-73/h16-17,22,25,29-34,47-49,51,58,61,64-65,71-72,76-78,80-82,92-93,116-118H,9,12-15,18-21,23-24,26-28,35-46,50,52-57,59-60H2,1-8H3,(H2,103,128)(H,104,106)(H,105,131)(H,107,129)(H,108,130)(H,109,132)(H,110,123)(H,111,133)(H,124,125)(H,112,113,114,115)/t64-,65-,71-,72+,76-,77+,78?,80+,81+,82+,92+,93+,101-/m1/s1. The molecule has 0 radical (unpaired) electrons. The number of tetrazole rings is 1. The Balaban J connectivity index is 0.841. The van der Waals surface area contributed by atoms with Crippen LogP contribution in [0.15, 0.2) is 97.5 Å². The molecule has 2 aromatic heterocycles. The summed E-state index contributed by atoms with van der Waals surface area (Å²) < 4.78 is 49.4. The predicted octanol–water partition coefficient (Wildman–Crippen LogP) is 6.24. The molecule has 1 unspecified atom stereocenters. The van der Waals surface area contributed by atoms with Gasteiger partial charge in [0.25, 0.3) is 0 Å². The molecule has 0 bridgehead atoms. The van der Waals surface area contributed by atoms with Crippen LogP contribution in [0.5, 0.6) is 5.75 Å². The van der Waals surface area contributed by atoms with Crippen LogP contribution in [-0.4, -0.2) is 248 Å². The number of aliphatic carboxylic acids is 1. The van der Waals surface area contributed by atoms with Gasteiger partial charge in [0, 0.05) is 102 Å². The molecule has 0 aliphatic heterocycles. The number of aromatic amines is 2. The molecule has 13 atom stereocenters. The number of amides is 7. The molecule has 0 spiro atoms. The molecular formula is C101H136FN13O24. The largest absolute Gasteiger partial charge is 0.494 e. The van der Waals surface area contributed by atoms with Gasteiger partial charge < -0.3 is 91.5 Å². The van der Waals surface area contributed by atoms with Crippen molar-refractivity contribution in [3.05, 3.63) is 148 Å². The van der Waals surface area contributed by atoms with Crippen molar-refractivity contribution in [1.82, 2.24) is 62.5 Å². The number of nitrogens with zero attached hydrogens (tertiary/aromatic N) is 4. The van der Waals surface area contributed by atoms with Crippen molar-refractivity contribution in [2.75, 3.05) is 72.6 Å². The molecule has 14 N–H and O–H groups in total. The number of carboxylic acids is 1. The number of esters is 2. The quantitative estimate of drug-likeness (QED) is 0.00869. The minimum absolute atomic E-state index is 0.0182. The molecule has 1 saturated carbocycles. The van der Waals surface area contributed by atoms with Crippen LogP contribution in [0.1, 0.15) is 202 Å². The van der Waals surface area contributed by atoms with Crippen LogP contribution < -0.4 is 42.4 Å². The van der Waals surface area contributed by atoms with E-state index in [1.165, 1.54) is 45.3 Å². The zero-order valence-corrected chi connectivity index (χ0v) is 80.6. The molecule has 1 fully saturated rings. The minimum atomic E-state index is -2.12. The van der Waals surface area contributed by atoms with Crippen LogP contribution in [0.3, 0.4) is 0 Å². The van der Waals surface area contributed by atoms with Gasteiger partial charge in [-0.25, -0.2) is 9.37 Å². The van der Waals surface area contributed by atoms with Gasteiger partial charge in [0.1, 0.15) is 41.7 Å². The van der Waals surface area contributed by atoms with Crippen molar-refractivity contribution in [1.29, 1.82) is 0 Å². The molecule has 37 nitrogen and oxygen atoms in total. The number of benzene rings is 4. The number of carbonyl (C=O) groups excluding carboxylic acids is 13. The lowest BCUT2D eigenvalue weighted by Crippen LogP contribution is -2.55. The summed E-state index contributed by atoms with van der Waals surface area (Å²) in [5.74, 6) is -7.87. The Bertz CT molecular complexity index is 5100. The highest BCUT2D eigenvalue weighted by atomic mass is 19.1. The zero-order chi connectivity index (χ0) is 101. The lowest BCUT2D eigenvalue weighted by Gasteiger charge is -2.33. The van der Waals surface area contributed by atoms with E-state index in [1.54, 1.807) is 18.3 Å². The lowest BCUT2D eigenvalue weighted by atomic mass is 9.76. The third-order valence-corrected chi connectivity index (χ3v) is 24.9. The number of halogens is 1. The van der Waals surface area contributed by atoms with Crippen LogP contribution in [0.2, 0.25) is 0 Å². The van der Waals surface area contributed by atoms with E-state index in [1.807, 2.05) is 69.3 Å². The minimum Gasteiger partial charge on any atom is -0.494 e. The van der Waals surface area contributed by atoms with E-state index >= 15 is 4.39 Å². The summed E-state index contributed by atoms with van der Waals surface area (Å²) in [6.45, 7) is 14.0. The number of carbonyl (C=O) groups is 14. The van der Waals surface area contributed by atoms with Crippen molar-refractivity contribution < 1.29 is 120 Å². The smallest absolute Gasteiger partial charge is 0.305 e. The fourth-order valence-electron chi connectivity index (χ4n) is 16.8. The van der Waals surface area contributed by atoms with Crippen LogP contribution in [0, 0.1) is 71.9 Å². The molecular weight excluding hydrogens is 1800 g/mol. The number of nitrogens with two attached hydrogens (primary N) is 1. The topological polar surface area (TPSA) is 557 Å². The molecule has 4 aromatic carbocycles. The monoisotopic (exact) mass is 1930 g/mol. The summed E-state index contributed by atoms with van der Waals surface area (Å²) >= 11 is 0. The van der Waals surface area contributed by atoms with Gasteiger partial charge in [-0.3, -0.25) is 67.1 Å². The number of ether oxygens (including phenoxy) is 6. The number of primary amides is 1. The summed E-state index contributed by atoms with van der Waals surface area (Å²) in [7, 11) is 0. The number of hydrogen-bond acceptors (Lipinski definition) is 27. The molecule has 2 aliphatic rings. The maximum Gasteiger partial charge on any atom is 0.305 e. The molecule has 2 aliphatic carbocycles. The Morgan fingerprint density at radius 1 is 0.604 bits per heavy atom. The van der Waals surface area contributed by atoms with Crippen molar-refractivity contribution in [3.63, 3.8) is 0 Å². The van der Waals surface area contributed by atoms with Crippen LogP contribution in [0.4, 0.5) is 4.39 Å². The van der Waals surface area contributed by atoms with Gasteiger partial charge in [0.15, 0.2) is 29.0 Å². The fraction of sp³-hybridized carbons (Fsp3) is 0.564. The zero-order valence-electron chi connectivity index (χ0n) is 80.6. The Kier molecular flexibility index (Phi) is 46.1. The van der Waals surface area contributed by atoms with E-state index in [2.05, 4.69) is 74.3 Å². The van der Waals surface area contributed by atoms with Crippen molar-refractivity contribution in [2.24, 2.45) is 46.2 Å². The summed E-state index contributed by atoms with van der Waals surface area (Å²) in [4.78, 5) is 200. The second-order valence-corrected chi connectivity index (χ2v) is 36.6. The molecule has 8 rings (SSSR count). The first-order valence-corrected chi connectivity index (χ1v) is 47.7. The Hall–Kier alpha value is -12.4. The number of fused-ring (bicyclic) bond motifs is 1. The average Bonchev–Trinajstić information content (AvgIpc) is 1.64. The number of rotatable bonds is 66. The summed E-state index contributed by atoms with van der Waals surface area (Å²) in [6.07, 6.45) is 2.54. The first kappa shape index (κ1) is 112. The second kappa shape index (κ2) is 57.2. The van der Waals surface area contributed by atoms with Gasteiger partial charge in [-0.15, -0.1) is 22.0 Å². The third-order valence-electron chi connectivity index (χ3n) is 24.9. The molecule has 6 aromatic rings. The highest BCUT2D eigenvalue weighted by Crippen LogP contribution is 2.52. The number of hydrogen-bond donors (Lipinski definition) is 13. The number of aryl methyl sites for hydroxylation is 4. The first-order valence-electron chi connectivity index (χ1n) is 47.7. The van der Waals surface area contributed by atoms with Crippen molar-refractivity contribution in [2.45, 2.75) is 252 Å². The second-order valence-electron chi connectivity index (χ2n) is 36.6. The summed E-state index contributed by atoms with van der Waals surface area (Å²) in [5, 5.41) is 71.9. The third kappa shape index (κ3) is 37.7. The Morgan fingerprint density at radius 2 is 1.24 bits per heavy atom. The number of ketones is 4. The highest BCUT2D eigenvalue weighted by Gasteiger charge is 2.50. The molecule has 0 saturated heterocycles. The number of unbranched alkanes of at least 4 members (excludes halogenated alkanes) is 2. The van der Waals surface area contributed by atoms with Crippen LogP contribution in [-0.2, 0) is 129 Å². The number of carboxylic acid groups (broad SMARTS) is 1. The fourth-order valence-corrected chi connectivity index (χ4v) is 16.8. The molecule has 139 heavy (non-hydrogen) atoms. The van der Waals surface area contributed by atoms with Gasteiger partial charge >= 0.3 is 17.9 Å². The van der Waals surface area contributed by atoms with Gasteiger partial charge in [0.2, 0.25) is 41.4 Å². The SMILES string of the molecule is CCc1cc(OCCCCCC(=O)OCCOCCOCCOCCCC(=O)OCC2[C@H]3CCC#CCC[C@@H]23)ccc1-c1ccc(C[C@H](CC(=O)[C@H](CC(=O)O)NC(=O)[C@H](CO)CC(=O)[C@@H](NC(=O)[C@@](C)(CC(=O)[C@@H](NC(=O)CCC(=O)[C@H](Cc2nn[nH]n2)NC(=O)C(C)(C)C(=O)NCCc2cnc[nH]2)[C@@H](C)O)Cc2ccccc2F)[C@@H](C)O)C(=O)N[C@@H](CCCc2cc(C)cc(C)c2)C(N)=O)cc1. The number of Topliss-reactive ketones (excluding diaryl/α,β-unsaturated/α-hetero) is 4. The lowest BCUT2D eigenvalue weighted by molar-refractivity contribution is -0.146. The first-order chi connectivity index (χ1) is 66.4. The Morgan fingerprint density at radius 3 is 1.88 bits per heavy atom. The van der Waals surface area contributed by atoms with E-state index < -0.39 is 193 Å². The molecule has 756 valence electrons. The number of aliphatic hydroxyl groups excluding tert-OH is 3. The molecule has 38 heteroatoms. The normalized spacial score (nSPS) is 16.2. The van der Waals surface area contributed by atoms with E-state index in [0.29, 0.717) is 133 Å². The number of aromatic nitrogens is 6. The van der Waals surface area contributed by atoms with E-state index in [-0.39, 0.29) is 68.8 Å². The van der Waals surface area contributed by atoms with E-state index in [4.69, 9.17) is 34.2 Å². The van der Waals surface area contributed by atoms with Gasteiger partial charge in [-0.2, -0.15) is 5.21 Å². The van der Waals surface area contributed by atoms with Gasteiger partial charge in [-0.05, 0) is 188 Å². The number of nitrogens with one attached hydrogen (secondary N) is 8. The average molecular weight is 1940 g/mol. The number of imidazole rings is 1. The molecule has 2 heterocycles. The van der Waals surface area contributed by atoms with E-state index in [9.17, 15) is 87.5 Å². The number of aliphatic hydroxyl groups is 3. The maximum atomic E-state index is 15.7. The molecule has 7 amide bonds. The number of H-pyrrole nitrogens is 2. The van der Waals surface area contributed by atoms with E-state index in [0.717, 1.165) is 84.7 Å².